The van der Waals surface area contributed by atoms with Crippen molar-refractivity contribution >= 4 is 11.8 Å². The third-order valence-electron chi connectivity index (χ3n) is 3.85. The van der Waals surface area contributed by atoms with Crippen LogP contribution in [0.4, 0.5) is 0 Å². The van der Waals surface area contributed by atoms with E-state index in [1.807, 2.05) is 0 Å². The van der Waals surface area contributed by atoms with E-state index in [0.29, 0.717) is 18.8 Å². The van der Waals surface area contributed by atoms with Crippen molar-refractivity contribution in [1.29, 1.82) is 0 Å². The van der Waals surface area contributed by atoms with Gasteiger partial charge in [-0.1, -0.05) is 6.08 Å². The highest BCUT2D eigenvalue weighted by Crippen LogP contribution is 2.49. The molecule has 3 rings (SSSR count). The van der Waals surface area contributed by atoms with Crippen LogP contribution < -0.4 is 0 Å². The van der Waals surface area contributed by atoms with Crippen molar-refractivity contribution in [2.45, 2.75) is 44.6 Å². The zero-order valence-corrected chi connectivity index (χ0v) is 9.70. The molecule has 0 unspecified atom stereocenters. The molecule has 3 atom stereocenters. The van der Waals surface area contributed by atoms with Gasteiger partial charge in [-0.3, -0.25) is 9.59 Å². The predicted octanol–water partition coefficient (Wildman–Crippen LogP) is 2.25. The highest BCUT2D eigenvalue weighted by Gasteiger charge is 2.53. The minimum atomic E-state index is -0.578. The second-order valence-electron chi connectivity index (χ2n) is 5.02. The first-order chi connectivity index (χ1) is 7.57. The van der Waals surface area contributed by atoms with Crippen LogP contribution in [0.3, 0.4) is 0 Å². The molecule has 3 fully saturated rings. The minimum Gasteiger partial charge on any atom is -0.458 e. The fraction of sp³-hybridized carbons (Fsp3) is 0.692. The van der Waals surface area contributed by atoms with Gasteiger partial charge in [0.2, 0.25) is 0 Å². The van der Waals surface area contributed by atoms with Crippen LogP contribution in [-0.2, 0) is 14.3 Å². The summed E-state index contributed by atoms with van der Waals surface area (Å²) < 4.78 is 5.49. The molecule has 3 saturated carbocycles. The van der Waals surface area contributed by atoms with Crippen molar-refractivity contribution in [2.24, 2.45) is 11.8 Å². The molecule has 3 heteroatoms. The molecule has 3 aliphatic carbocycles. The predicted molar refractivity (Wildman–Crippen MR) is 59.8 cm³/mol. The molecule has 0 radical (unpaired) electrons. The molecular weight excluding hydrogens is 204 g/mol. The standard InChI is InChI=1S/C13H18O3/c1-3-6-13(16-9(2)14)8-10-4-5-11(13)12(15)7-10/h3,10-11H,1,4-8H2,2H3/t10-,11+,13-/m0/s1. The Labute approximate surface area is 95.9 Å². The summed E-state index contributed by atoms with van der Waals surface area (Å²) in [5.74, 6) is 0.281. The van der Waals surface area contributed by atoms with E-state index in [-0.39, 0.29) is 17.7 Å². The van der Waals surface area contributed by atoms with Crippen LogP contribution in [0, 0.1) is 11.8 Å². The van der Waals surface area contributed by atoms with E-state index < -0.39 is 5.60 Å². The van der Waals surface area contributed by atoms with Gasteiger partial charge in [-0.2, -0.15) is 0 Å². The van der Waals surface area contributed by atoms with Gasteiger partial charge in [0.25, 0.3) is 0 Å². The van der Waals surface area contributed by atoms with Crippen LogP contribution in [-0.4, -0.2) is 17.4 Å². The molecule has 16 heavy (non-hydrogen) atoms. The third kappa shape index (κ3) is 1.79. The van der Waals surface area contributed by atoms with Gasteiger partial charge in [0.1, 0.15) is 11.4 Å². The zero-order chi connectivity index (χ0) is 11.8. The molecule has 0 spiro atoms. The Balaban J connectivity index is 2.27. The molecule has 0 aromatic heterocycles. The average molecular weight is 222 g/mol. The summed E-state index contributed by atoms with van der Waals surface area (Å²) in [5, 5.41) is 0. The summed E-state index contributed by atoms with van der Waals surface area (Å²) in [7, 11) is 0. The quantitative estimate of drug-likeness (QED) is 0.543. The van der Waals surface area contributed by atoms with Gasteiger partial charge in [0.05, 0.1) is 5.92 Å². The lowest BCUT2D eigenvalue weighted by Gasteiger charge is -2.49. The van der Waals surface area contributed by atoms with E-state index in [2.05, 4.69) is 6.58 Å². The largest absolute Gasteiger partial charge is 0.458 e. The number of rotatable bonds is 3. The van der Waals surface area contributed by atoms with Crippen LogP contribution in [0.2, 0.25) is 0 Å². The van der Waals surface area contributed by atoms with Crippen molar-refractivity contribution in [3.63, 3.8) is 0 Å². The molecule has 0 aromatic rings. The topological polar surface area (TPSA) is 43.4 Å². The van der Waals surface area contributed by atoms with Gasteiger partial charge >= 0.3 is 5.97 Å². The fourth-order valence-corrected chi connectivity index (χ4v) is 3.36. The Morgan fingerprint density at radius 1 is 1.62 bits per heavy atom. The maximum Gasteiger partial charge on any atom is 0.303 e. The SMILES string of the molecule is C=CC[C@]1(OC(C)=O)C[C@H]2CC[C@@H]1C(=O)C2. The zero-order valence-electron chi connectivity index (χ0n) is 9.70. The van der Waals surface area contributed by atoms with E-state index in [9.17, 15) is 9.59 Å². The number of hydrogen-bond donors (Lipinski definition) is 0. The average Bonchev–Trinajstić information content (AvgIpc) is 2.16. The number of carbonyl (C=O) groups is 2. The van der Waals surface area contributed by atoms with E-state index in [1.165, 1.54) is 6.92 Å². The molecular formula is C13H18O3. The van der Waals surface area contributed by atoms with Gasteiger partial charge in [-0.05, 0) is 25.2 Å². The molecule has 3 nitrogen and oxygen atoms in total. The van der Waals surface area contributed by atoms with E-state index in [0.717, 1.165) is 19.3 Å². The minimum absolute atomic E-state index is 0.0978. The molecule has 2 bridgehead atoms. The first kappa shape index (κ1) is 11.4. The summed E-state index contributed by atoms with van der Waals surface area (Å²) in [6.45, 7) is 5.13. The van der Waals surface area contributed by atoms with E-state index in [1.54, 1.807) is 6.08 Å². The molecule has 0 amide bonds. The number of ketones is 1. The molecule has 0 aliphatic heterocycles. The van der Waals surface area contributed by atoms with Crippen LogP contribution >= 0.6 is 0 Å². The summed E-state index contributed by atoms with van der Waals surface area (Å²) in [6, 6.07) is 0. The highest BCUT2D eigenvalue weighted by atomic mass is 16.6. The molecule has 0 N–H and O–H groups in total. The van der Waals surface area contributed by atoms with Crippen LogP contribution in [0.1, 0.15) is 39.0 Å². The molecule has 0 saturated heterocycles. The van der Waals surface area contributed by atoms with Crippen molar-refractivity contribution < 1.29 is 14.3 Å². The van der Waals surface area contributed by atoms with Crippen LogP contribution in [0.5, 0.6) is 0 Å². The lowest BCUT2D eigenvalue weighted by atomic mass is 9.60. The molecule has 0 heterocycles. The molecule has 3 aliphatic rings. The third-order valence-corrected chi connectivity index (χ3v) is 3.85. The molecule has 88 valence electrons. The first-order valence-electron chi connectivity index (χ1n) is 5.90. The van der Waals surface area contributed by atoms with Crippen molar-refractivity contribution in [2.75, 3.05) is 0 Å². The lowest BCUT2D eigenvalue weighted by Crippen LogP contribution is -2.54. The summed E-state index contributed by atoms with van der Waals surface area (Å²) in [6.07, 6.45) is 5.82. The van der Waals surface area contributed by atoms with Crippen molar-refractivity contribution in [3.8, 4) is 0 Å². The number of esters is 1. The van der Waals surface area contributed by atoms with Crippen LogP contribution in [0.15, 0.2) is 12.7 Å². The highest BCUT2D eigenvalue weighted by molar-refractivity contribution is 5.85. The van der Waals surface area contributed by atoms with Crippen LogP contribution in [0.25, 0.3) is 0 Å². The summed E-state index contributed by atoms with van der Waals surface area (Å²) in [4.78, 5) is 23.1. The smallest absolute Gasteiger partial charge is 0.303 e. The number of ether oxygens (including phenoxy) is 1. The maximum atomic E-state index is 11.9. The van der Waals surface area contributed by atoms with Gasteiger partial charge < -0.3 is 4.74 Å². The van der Waals surface area contributed by atoms with Crippen molar-refractivity contribution in [1.82, 2.24) is 0 Å². The number of Topliss-reactive ketones (excluding diaryl/α,β-unsaturated/α-hetero) is 1. The monoisotopic (exact) mass is 222 g/mol. The fourth-order valence-electron chi connectivity index (χ4n) is 3.36. The van der Waals surface area contributed by atoms with Gasteiger partial charge in [0.15, 0.2) is 0 Å². The lowest BCUT2D eigenvalue weighted by molar-refractivity contribution is -0.179. The molecule has 0 aromatic carbocycles. The number of carbonyl (C=O) groups excluding carboxylic acids is 2. The van der Waals surface area contributed by atoms with Crippen molar-refractivity contribution in [3.05, 3.63) is 12.7 Å². The van der Waals surface area contributed by atoms with E-state index >= 15 is 0 Å². The normalized spacial score (nSPS) is 37.2. The summed E-state index contributed by atoms with van der Waals surface area (Å²) in [5.41, 5.74) is -0.578. The van der Waals surface area contributed by atoms with E-state index in [4.69, 9.17) is 4.74 Å². The number of fused-ring (bicyclic) bond motifs is 3. The summed E-state index contributed by atoms with van der Waals surface area (Å²) >= 11 is 0. The second kappa shape index (κ2) is 4.04. The second-order valence-corrected chi connectivity index (χ2v) is 5.02. The maximum absolute atomic E-state index is 11.9. The Morgan fingerprint density at radius 2 is 2.38 bits per heavy atom. The van der Waals surface area contributed by atoms with Gasteiger partial charge in [0, 0.05) is 19.8 Å². The Kier molecular flexibility index (Phi) is 2.87. The first-order valence-corrected chi connectivity index (χ1v) is 5.90. The number of hydrogen-bond acceptors (Lipinski definition) is 3. The van der Waals surface area contributed by atoms with Gasteiger partial charge in [-0.15, -0.1) is 6.58 Å². The Morgan fingerprint density at radius 3 is 2.88 bits per heavy atom. The Bertz CT molecular complexity index is 334. The van der Waals surface area contributed by atoms with Gasteiger partial charge in [-0.25, -0.2) is 0 Å². The Hall–Kier alpha value is -1.12.